The summed E-state index contributed by atoms with van der Waals surface area (Å²) in [6.07, 6.45) is 0.334. The fourth-order valence-corrected chi connectivity index (χ4v) is 2.15. The van der Waals surface area contributed by atoms with Crippen molar-refractivity contribution in [3.63, 3.8) is 0 Å². The summed E-state index contributed by atoms with van der Waals surface area (Å²) in [5, 5.41) is 2.94. The second-order valence-corrected chi connectivity index (χ2v) is 5.71. The average molecular weight is 297 g/mol. The van der Waals surface area contributed by atoms with Gasteiger partial charge in [-0.2, -0.15) is 0 Å². The van der Waals surface area contributed by atoms with Crippen LogP contribution in [0.1, 0.15) is 28.7 Å². The first-order valence-electron chi connectivity index (χ1n) is 7.53. The van der Waals surface area contributed by atoms with E-state index in [4.69, 9.17) is 4.74 Å². The van der Waals surface area contributed by atoms with Crippen LogP contribution in [0, 0.1) is 27.7 Å². The van der Waals surface area contributed by atoms with E-state index in [0.717, 1.165) is 22.6 Å². The molecule has 3 heteroatoms. The standard InChI is InChI=1S/C19H23NO2/c1-13-5-6-15(3)18(11-13)20-19(21)9-10-22-17-8-7-14(2)16(4)12-17/h5-8,11-12H,9-10H2,1-4H3,(H,20,21). The molecule has 0 aliphatic carbocycles. The van der Waals surface area contributed by atoms with Crippen molar-refractivity contribution < 1.29 is 9.53 Å². The van der Waals surface area contributed by atoms with Crippen molar-refractivity contribution >= 4 is 11.6 Å². The molecular weight excluding hydrogens is 274 g/mol. The molecule has 3 nitrogen and oxygen atoms in total. The van der Waals surface area contributed by atoms with Crippen molar-refractivity contribution in [2.24, 2.45) is 0 Å². The van der Waals surface area contributed by atoms with E-state index in [1.807, 2.05) is 50.2 Å². The minimum atomic E-state index is -0.0301. The highest BCUT2D eigenvalue weighted by molar-refractivity contribution is 5.91. The number of hydrogen-bond acceptors (Lipinski definition) is 2. The van der Waals surface area contributed by atoms with E-state index in [0.29, 0.717) is 13.0 Å². The number of nitrogens with one attached hydrogen (secondary N) is 1. The number of carbonyl (C=O) groups is 1. The molecule has 0 spiro atoms. The van der Waals surface area contributed by atoms with Gasteiger partial charge < -0.3 is 10.1 Å². The Morgan fingerprint density at radius 3 is 2.41 bits per heavy atom. The second-order valence-electron chi connectivity index (χ2n) is 5.71. The molecular formula is C19H23NO2. The summed E-state index contributed by atoms with van der Waals surface area (Å²) in [5.74, 6) is 0.778. The van der Waals surface area contributed by atoms with Gasteiger partial charge in [0.25, 0.3) is 0 Å². The SMILES string of the molecule is Cc1ccc(C)c(NC(=O)CCOc2ccc(C)c(C)c2)c1. The van der Waals surface area contributed by atoms with Gasteiger partial charge in [0.15, 0.2) is 0 Å². The molecule has 1 N–H and O–H groups in total. The predicted octanol–water partition coefficient (Wildman–Crippen LogP) is 4.33. The van der Waals surface area contributed by atoms with Gasteiger partial charge in [0, 0.05) is 5.69 Å². The van der Waals surface area contributed by atoms with Gasteiger partial charge in [0.2, 0.25) is 5.91 Å². The van der Waals surface area contributed by atoms with Crippen molar-refractivity contribution in [2.75, 3.05) is 11.9 Å². The lowest BCUT2D eigenvalue weighted by Gasteiger charge is -2.11. The van der Waals surface area contributed by atoms with Crippen LogP contribution in [-0.2, 0) is 4.79 Å². The van der Waals surface area contributed by atoms with Gasteiger partial charge in [0.05, 0.1) is 13.0 Å². The van der Waals surface area contributed by atoms with Gasteiger partial charge in [-0.05, 0) is 68.1 Å². The summed E-state index contributed by atoms with van der Waals surface area (Å²) in [7, 11) is 0. The third kappa shape index (κ3) is 4.35. The van der Waals surface area contributed by atoms with Crippen molar-refractivity contribution in [3.05, 3.63) is 58.7 Å². The Morgan fingerprint density at radius 1 is 0.955 bits per heavy atom. The van der Waals surface area contributed by atoms with Gasteiger partial charge in [-0.25, -0.2) is 0 Å². The molecule has 2 aromatic rings. The average Bonchev–Trinajstić information content (AvgIpc) is 2.47. The number of ether oxygens (including phenoxy) is 1. The highest BCUT2D eigenvalue weighted by atomic mass is 16.5. The topological polar surface area (TPSA) is 38.3 Å². The first-order chi connectivity index (χ1) is 10.5. The molecule has 0 atom stereocenters. The molecule has 116 valence electrons. The summed E-state index contributed by atoms with van der Waals surface area (Å²) in [4.78, 5) is 12.0. The van der Waals surface area contributed by atoms with E-state index < -0.39 is 0 Å². The van der Waals surface area contributed by atoms with E-state index in [9.17, 15) is 4.79 Å². The van der Waals surface area contributed by atoms with Crippen LogP contribution < -0.4 is 10.1 Å². The van der Waals surface area contributed by atoms with Crippen LogP contribution in [0.15, 0.2) is 36.4 Å². The number of rotatable bonds is 5. The van der Waals surface area contributed by atoms with Gasteiger partial charge >= 0.3 is 0 Å². The molecule has 2 aromatic carbocycles. The molecule has 22 heavy (non-hydrogen) atoms. The van der Waals surface area contributed by atoms with E-state index in [-0.39, 0.29) is 5.91 Å². The third-order valence-electron chi connectivity index (χ3n) is 3.74. The van der Waals surface area contributed by atoms with Gasteiger partial charge in [-0.3, -0.25) is 4.79 Å². The molecule has 0 saturated heterocycles. The number of carbonyl (C=O) groups excluding carboxylic acids is 1. The van der Waals surface area contributed by atoms with Crippen LogP contribution in [0.3, 0.4) is 0 Å². The van der Waals surface area contributed by atoms with E-state index >= 15 is 0 Å². The minimum Gasteiger partial charge on any atom is -0.493 e. The maximum Gasteiger partial charge on any atom is 0.227 e. The van der Waals surface area contributed by atoms with Crippen LogP contribution in [0.5, 0.6) is 5.75 Å². The lowest BCUT2D eigenvalue weighted by molar-refractivity contribution is -0.116. The number of anilines is 1. The highest BCUT2D eigenvalue weighted by Crippen LogP contribution is 2.18. The lowest BCUT2D eigenvalue weighted by Crippen LogP contribution is -2.16. The van der Waals surface area contributed by atoms with Crippen LogP contribution in [0.2, 0.25) is 0 Å². The number of benzene rings is 2. The molecule has 0 heterocycles. The van der Waals surface area contributed by atoms with Crippen LogP contribution >= 0.6 is 0 Å². The molecule has 0 saturated carbocycles. The Kier molecular flexibility index (Phi) is 5.21. The quantitative estimate of drug-likeness (QED) is 0.892. The summed E-state index contributed by atoms with van der Waals surface area (Å²) < 4.78 is 5.64. The van der Waals surface area contributed by atoms with E-state index in [2.05, 4.69) is 19.2 Å². The largest absolute Gasteiger partial charge is 0.493 e. The van der Waals surface area contributed by atoms with Crippen molar-refractivity contribution in [1.29, 1.82) is 0 Å². The first kappa shape index (κ1) is 16.1. The number of aryl methyl sites for hydroxylation is 4. The normalized spacial score (nSPS) is 10.4. The summed E-state index contributed by atoms with van der Waals surface area (Å²) in [6, 6.07) is 12.0. The Balaban J connectivity index is 1.85. The Morgan fingerprint density at radius 2 is 1.68 bits per heavy atom. The highest BCUT2D eigenvalue weighted by Gasteiger charge is 2.06. The minimum absolute atomic E-state index is 0.0301. The van der Waals surface area contributed by atoms with E-state index in [1.165, 1.54) is 11.1 Å². The zero-order valence-electron chi connectivity index (χ0n) is 13.7. The molecule has 0 aliphatic rings. The first-order valence-corrected chi connectivity index (χ1v) is 7.53. The molecule has 0 aliphatic heterocycles. The number of hydrogen-bond donors (Lipinski definition) is 1. The fraction of sp³-hybridized carbons (Fsp3) is 0.316. The Hall–Kier alpha value is -2.29. The summed E-state index contributed by atoms with van der Waals surface area (Å²) in [6.45, 7) is 8.49. The maximum atomic E-state index is 12.0. The van der Waals surface area contributed by atoms with Crippen LogP contribution in [-0.4, -0.2) is 12.5 Å². The number of amides is 1. The van der Waals surface area contributed by atoms with Gasteiger partial charge in [-0.15, -0.1) is 0 Å². The molecule has 1 amide bonds. The molecule has 2 rings (SSSR count). The summed E-state index contributed by atoms with van der Waals surface area (Å²) in [5.41, 5.74) is 5.50. The lowest BCUT2D eigenvalue weighted by atomic mass is 10.1. The maximum absolute atomic E-state index is 12.0. The van der Waals surface area contributed by atoms with E-state index in [1.54, 1.807) is 0 Å². The monoisotopic (exact) mass is 297 g/mol. The molecule has 0 unspecified atom stereocenters. The zero-order chi connectivity index (χ0) is 16.1. The molecule has 0 fully saturated rings. The van der Waals surface area contributed by atoms with Gasteiger partial charge in [0.1, 0.15) is 5.75 Å². The molecule has 0 aromatic heterocycles. The second kappa shape index (κ2) is 7.12. The predicted molar refractivity (Wildman–Crippen MR) is 90.6 cm³/mol. The van der Waals surface area contributed by atoms with Crippen molar-refractivity contribution in [2.45, 2.75) is 34.1 Å². The van der Waals surface area contributed by atoms with Crippen molar-refractivity contribution in [3.8, 4) is 5.75 Å². The molecule has 0 bridgehead atoms. The summed E-state index contributed by atoms with van der Waals surface area (Å²) >= 11 is 0. The Bertz CT molecular complexity index is 677. The van der Waals surface area contributed by atoms with Crippen LogP contribution in [0.4, 0.5) is 5.69 Å². The smallest absolute Gasteiger partial charge is 0.227 e. The zero-order valence-corrected chi connectivity index (χ0v) is 13.7. The fourth-order valence-electron chi connectivity index (χ4n) is 2.15. The Labute approximate surface area is 132 Å². The third-order valence-corrected chi connectivity index (χ3v) is 3.74. The molecule has 0 radical (unpaired) electrons. The van der Waals surface area contributed by atoms with Gasteiger partial charge in [-0.1, -0.05) is 18.2 Å². The van der Waals surface area contributed by atoms with Crippen LogP contribution in [0.25, 0.3) is 0 Å². The van der Waals surface area contributed by atoms with Crippen molar-refractivity contribution in [1.82, 2.24) is 0 Å².